The Morgan fingerprint density at radius 3 is 3.05 bits per heavy atom. The lowest BCUT2D eigenvalue weighted by Gasteiger charge is -2.31. The number of carbonyl (C=O) groups is 1. The zero-order chi connectivity index (χ0) is 13.8. The highest BCUT2D eigenvalue weighted by Crippen LogP contribution is 2.16. The third kappa shape index (κ3) is 3.43. The van der Waals surface area contributed by atoms with E-state index in [9.17, 15) is 4.79 Å². The SMILES string of the molecule is CCCc1n[nH]c(=S)n1CC(=O)N1CCCC(C)C1. The molecule has 1 aromatic heterocycles. The van der Waals surface area contributed by atoms with Crippen molar-refractivity contribution in [3.8, 4) is 0 Å². The molecule has 1 saturated heterocycles. The minimum atomic E-state index is 0.154. The van der Waals surface area contributed by atoms with Crippen molar-refractivity contribution >= 4 is 18.1 Å². The van der Waals surface area contributed by atoms with E-state index < -0.39 is 0 Å². The fourth-order valence-electron chi connectivity index (χ4n) is 2.58. The number of piperidine rings is 1. The molecule has 0 aromatic carbocycles. The highest BCUT2D eigenvalue weighted by atomic mass is 32.1. The Morgan fingerprint density at radius 2 is 2.37 bits per heavy atom. The molecule has 0 saturated carbocycles. The second kappa shape index (κ2) is 6.32. The molecule has 1 aliphatic heterocycles. The maximum absolute atomic E-state index is 12.3. The van der Waals surface area contributed by atoms with E-state index in [4.69, 9.17) is 12.2 Å². The van der Waals surface area contributed by atoms with Crippen molar-refractivity contribution in [2.75, 3.05) is 13.1 Å². The summed E-state index contributed by atoms with van der Waals surface area (Å²) in [4.78, 5) is 14.3. The predicted octanol–water partition coefficient (Wildman–Crippen LogP) is 2.15. The lowest BCUT2D eigenvalue weighted by molar-refractivity contribution is -0.133. The Kier molecular flexibility index (Phi) is 4.74. The van der Waals surface area contributed by atoms with E-state index in [2.05, 4.69) is 24.0 Å². The van der Waals surface area contributed by atoms with Gasteiger partial charge in [-0.2, -0.15) is 5.10 Å². The number of amides is 1. The number of hydrogen-bond donors (Lipinski definition) is 1. The third-order valence-corrected chi connectivity index (χ3v) is 3.93. The summed E-state index contributed by atoms with van der Waals surface area (Å²) in [6.45, 7) is 6.35. The number of nitrogens with zero attached hydrogens (tertiary/aromatic N) is 3. The van der Waals surface area contributed by atoms with Crippen LogP contribution in [0, 0.1) is 10.7 Å². The van der Waals surface area contributed by atoms with E-state index in [-0.39, 0.29) is 5.91 Å². The molecule has 2 rings (SSSR count). The summed E-state index contributed by atoms with van der Waals surface area (Å²) in [6, 6.07) is 0. The smallest absolute Gasteiger partial charge is 0.242 e. The predicted molar refractivity (Wildman–Crippen MR) is 76.4 cm³/mol. The molecule has 1 amide bonds. The molecular weight excluding hydrogens is 260 g/mol. The number of carbonyl (C=O) groups excluding carboxylic acids is 1. The molecule has 0 aliphatic carbocycles. The van der Waals surface area contributed by atoms with Crippen LogP contribution in [0.25, 0.3) is 0 Å². The molecule has 1 fully saturated rings. The van der Waals surface area contributed by atoms with Crippen LogP contribution in [0.1, 0.15) is 38.9 Å². The molecule has 1 aliphatic rings. The van der Waals surface area contributed by atoms with E-state index in [0.717, 1.165) is 38.2 Å². The van der Waals surface area contributed by atoms with E-state index in [0.29, 0.717) is 17.2 Å². The van der Waals surface area contributed by atoms with Gasteiger partial charge in [0.15, 0.2) is 4.77 Å². The molecule has 1 aromatic rings. The van der Waals surface area contributed by atoms with Gasteiger partial charge in [-0.05, 0) is 37.4 Å². The normalized spacial score (nSPS) is 19.7. The maximum atomic E-state index is 12.3. The Hall–Kier alpha value is -1.17. The lowest BCUT2D eigenvalue weighted by atomic mass is 10.0. The summed E-state index contributed by atoms with van der Waals surface area (Å²) >= 11 is 5.20. The van der Waals surface area contributed by atoms with Gasteiger partial charge >= 0.3 is 0 Å². The zero-order valence-corrected chi connectivity index (χ0v) is 12.5. The highest BCUT2D eigenvalue weighted by molar-refractivity contribution is 7.71. The first-order valence-electron chi connectivity index (χ1n) is 7.03. The number of rotatable bonds is 4. The van der Waals surface area contributed by atoms with E-state index >= 15 is 0 Å². The number of aryl methyl sites for hydroxylation is 1. The van der Waals surface area contributed by atoms with Gasteiger partial charge in [0, 0.05) is 19.5 Å². The van der Waals surface area contributed by atoms with Crippen molar-refractivity contribution in [1.82, 2.24) is 19.7 Å². The summed E-state index contributed by atoms with van der Waals surface area (Å²) in [6.07, 6.45) is 4.16. The lowest BCUT2D eigenvalue weighted by Crippen LogP contribution is -2.41. The fraction of sp³-hybridized carbons (Fsp3) is 0.769. The summed E-state index contributed by atoms with van der Waals surface area (Å²) in [5.41, 5.74) is 0. The van der Waals surface area contributed by atoms with Gasteiger partial charge in [-0.25, -0.2) is 0 Å². The van der Waals surface area contributed by atoms with Crippen molar-refractivity contribution in [2.24, 2.45) is 5.92 Å². The Bertz CT molecular complexity index is 493. The molecule has 106 valence electrons. The van der Waals surface area contributed by atoms with Crippen molar-refractivity contribution in [1.29, 1.82) is 0 Å². The van der Waals surface area contributed by atoms with Crippen LogP contribution in [-0.2, 0) is 17.8 Å². The zero-order valence-electron chi connectivity index (χ0n) is 11.7. The van der Waals surface area contributed by atoms with Gasteiger partial charge in [-0.15, -0.1) is 0 Å². The highest BCUT2D eigenvalue weighted by Gasteiger charge is 2.22. The molecule has 1 unspecified atom stereocenters. The second-order valence-electron chi connectivity index (χ2n) is 5.37. The second-order valence-corrected chi connectivity index (χ2v) is 5.75. The van der Waals surface area contributed by atoms with Crippen LogP contribution in [-0.4, -0.2) is 38.7 Å². The minimum Gasteiger partial charge on any atom is -0.341 e. The van der Waals surface area contributed by atoms with Crippen LogP contribution in [0.4, 0.5) is 0 Å². The number of hydrogen-bond acceptors (Lipinski definition) is 3. The average molecular weight is 282 g/mol. The Labute approximate surface area is 119 Å². The van der Waals surface area contributed by atoms with Crippen LogP contribution in [0.2, 0.25) is 0 Å². The summed E-state index contributed by atoms with van der Waals surface area (Å²) in [5, 5.41) is 6.98. The molecule has 0 spiro atoms. The number of likely N-dealkylation sites (tertiary alicyclic amines) is 1. The van der Waals surface area contributed by atoms with Crippen LogP contribution in [0.3, 0.4) is 0 Å². The molecule has 1 N–H and O–H groups in total. The van der Waals surface area contributed by atoms with Gasteiger partial charge in [-0.3, -0.25) is 14.5 Å². The van der Waals surface area contributed by atoms with Gasteiger partial charge in [0.2, 0.25) is 5.91 Å². The van der Waals surface area contributed by atoms with Crippen molar-refractivity contribution in [3.63, 3.8) is 0 Å². The van der Waals surface area contributed by atoms with Crippen LogP contribution in [0.5, 0.6) is 0 Å². The van der Waals surface area contributed by atoms with E-state index in [1.54, 1.807) is 0 Å². The van der Waals surface area contributed by atoms with Gasteiger partial charge in [0.25, 0.3) is 0 Å². The van der Waals surface area contributed by atoms with Crippen molar-refractivity contribution in [3.05, 3.63) is 10.6 Å². The molecule has 6 heteroatoms. The van der Waals surface area contributed by atoms with Gasteiger partial charge in [0.1, 0.15) is 12.4 Å². The molecule has 5 nitrogen and oxygen atoms in total. The van der Waals surface area contributed by atoms with Crippen LogP contribution >= 0.6 is 12.2 Å². The Morgan fingerprint density at radius 1 is 1.58 bits per heavy atom. The number of nitrogens with one attached hydrogen (secondary N) is 1. The maximum Gasteiger partial charge on any atom is 0.242 e. The number of aromatic amines is 1. The first kappa shape index (κ1) is 14.2. The van der Waals surface area contributed by atoms with Crippen LogP contribution in [0.15, 0.2) is 0 Å². The quantitative estimate of drug-likeness (QED) is 0.861. The number of H-pyrrole nitrogens is 1. The van der Waals surface area contributed by atoms with E-state index in [1.165, 1.54) is 6.42 Å². The van der Waals surface area contributed by atoms with Crippen LogP contribution < -0.4 is 0 Å². The summed E-state index contributed by atoms with van der Waals surface area (Å²) in [5.74, 6) is 1.64. The fourth-order valence-corrected chi connectivity index (χ4v) is 2.79. The molecular formula is C13H22N4OS. The van der Waals surface area contributed by atoms with Crippen molar-refractivity contribution in [2.45, 2.75) is 46.1 Å². The first-order valence-corrected chi connectivity index (χ1v) is 7.44. The molecule has 19 heavy (non-hydrogen) atoms. The van der Waals surface area contributed by atoms with Crippen molar-refractivity contribution < 1.29 is 4.79 Å². The largest absolute Gasteiger partial charge is 0.341 e. The van der Waals surface area contributed by atoms with Gasteiger partial charge < -0.3 is 4.90 Å². The minimum absolute atomic E-state index is 0.154. The summed E-state index contributed by atoms with van der Waals surface area (Å²) < 4.78 is 2.38. The standard InChI is InChI=1S/C13H22N4OS/c1-3-5-11-14-15-13(19)17(11)9-12(18)16-7-4-6-10(2)8-16/h10H,3-9H2,1-2H3,(H,15,19). The number of aromatic nitrogens is 3. The monoisotopic (exact) mass is 282 g/mol. The molecule has 0 radical (unpaired) electrons. The Balaban J connectivity index is 2.06. The topological polar surface area (TPSA) is 53.9 Å². The third-order valence-electron chi connectivity index (χ3n) is 3.61. The summed E-state index contributed by atoms with van der Waals surface area (Å²) in [7, 11) is 0. The van der Waals surface area contributed by atoms with Gasteiger partial charge in [0.05, 0.1) is 0 Å². The molecule has 0 bridgehead atoms. The molecule has 2 heterocycles. The average Bonchev–Trinajstić information content (AvgIpc) is 2.72. The van der Waals surface area contributed by atoms with Gasteiger partial charge in [-0.1, -0.05) is 13.8 Å². The van der Waals surface area contributed by atoms with E-state index in [1.807, 2.05) is 9.47 Å². The molecule has 1 atom stereocenters. The first-order chi connectivity index (χ1) is 9.11.